The van der Waals surface area contributed by atoms with Gasteiger partial charge in [-0.1, -0.05) is 28.1 Å². The lowest BCUT2D eigenvalue weighted by atomic mass is 9.92. The zero-order chi connectivity index (χ0) is 15.4. The van der Waals surface area contributed by atoms with Crippen molar-refractivity contribution in [3.8, 4) is 0 Å². The zero-order valence-electron chi connectivity index (χ0n) is 12.1. The van der Waals surface area contributed by atoms with Crippen LogP contribution < -0.4 is 0 Å². The maximum atomic E-state index is 12.5. The number of likely N-dealkylation sites (tertiary alicyclic amines) is 1. The predicted molar refractivity (Wildman–Crippen MR) is 84.1 cm³/mol. The number of nitrogens with zero attached hydrogens (tertiary/aromatic N) is 1. The fourth-order valence-electron chi connectivity index (χ4n) is 2.77. The van der Waals surface area contributed by atoms with Gasteiger partial charge in [-0.2, -0.15) is 0 Å². The fraction of sp³-hybridized carbons (Fsp3) is 0.500. The number of aliphatic carboxylic acids is 1. The Labute approximate surface area is 133 Å². The van der Waals surface area contributed by atoms with Crippen LogP contribution in [0.2, 0.25) is 0 Å². The summed E-state index contributed by atoms with van der Waals surface area (Å²) < 4.78 is 1.00. The Kier molecular flexibility index (Phi) is 5.39. The fourth-order valence-corrected chi connectivity index (χ4v) is 3.04. The molecule has 0 aliphatic carbocycles. The smallest absolute Gasteiger partial charge is 0.303 e. The molecule has 4 nitrogen and oxygen atoms in total. The zero-order valence-corrected chi connectivity index (χ0v) is 13.7. The summed E-state index contributed by atoms with van der Waals surface area (Å²) in [6.45, 7) is 3.25. The molecule has 1 aliphatic heterocycles. The van der Waals surface area contributed by atoms with Gasteiger partial charge >= 0.3 is 5.97 Å². The summed E-state index contributed by atoms with van der Waals surface area (Å²) in [5.74, 6) is -0.572. The average molecular weight is 354 g/mol. The summed E-state index contributed by atoms with van der Waals surface area (Å²) in [6, 6.07) is 7.81. The first kappa shape index (κ1) is 16.0. The van der Waals surface area contributed by atoms with Gasteiger partial charge in [0.05, 0.1) is 5.92 Å². The third kappa shape index (κ3) is 4.30. The molecule has 1 aromatic carbocycles. The van der Waals surface area contributed by atoms with Gasteiger partial charge in [-0.3, -0.25) is 9.59 Å². The van der Waals surface area contributed by atoms with E-state index >= 15 is 0 Å². The molecule has 1 aromatic rings. The van der Waals surface area contributed by atoms with Crippen LogP contribution in [0.5, 0.6) is 0 Å². The third-order valence-electron chi connectivity index (χ3n) is 4.13. The topological polar surface area (TPSA) is 57.6 Å². The second-order valence-electron chi connectivity index (χ2n) is 5.64. The number of hydrogen-bond acceptors (Lipinski definition) is 2. The largest absolute Gasteiger partial charge is 0.481 e. The molecule has 114 valence electrons. The van der Waals surface area contributed by atoms with Crippen LogP contribution in [0.15, 0.2) is 28.7 Å². The number of rotatable bonds is 4. The molecule has 1 fully saturated rings. The van der Waals surface area contributed by atoms with E-state index in [1.807, 2.05) is 36.1 Å². The lowest BCUT2D eigenvalue weighted by molar-refractivity contribution is -0.138. The van der Waals surface area contributed by atoms with Crippen molar-refractivity contribution < 1.29 is 14.7 Å². The number of benzene rings is 1. The molecule has 1 atom stereocenters. The molecule has 1 saturated heterocycles. The first-order chi connectivity index (χ1) is 9.97. The summed E-state index contributed by atoms with van der Waals surface area (Å²) >= 11 is 3.39. The van der Waals surface area contributed by atoms with E-state index in [4.69, 9.17) is 5.11 Å². The highest BCUT2D eigenvalue weighted by Crippen LogP contribution is 2.25. The molecule has 1 aliphatic rings. The molecule has 0 bridgehead atoms. The molecule has 1 amide bonds. The molecule has 0 radical (unpaired) electrons. The Balaban J connectivity index is 1.92. The maximum absolute atomic E-state index is 12.5. The molecule has 0 saturated carbocycles. The minimum absolute atomic E-state index is 0.131. The molecule has 5 heteroatoms. The Morgan fingerprint density at radius 1 is 1.29 bits per heavy atom. The van der Waals surface area contributed by atoms with Gasteiger partial charge in [-0.25, -0.2) is 0 Å². The lowest BCUT2D eigenvalue weighted by Crippen LogP contribution is -2.40. The summed E-state index contributed by atoms with van der Waals surface area (Å²) in [5, 5.41) is 8.82. The quantitative estimate of drug-likeness (QED) is 0.903. The summed E-state index contributed by atoms with van der Waals surface area (Å²) in [5.41, 5.74) is 1.01. The van der Waals surface area contributed by atoms with Crippen LogP contribution in [0.4, 0.5) is 0 Å². The standard InChI is InChI=1S/C16H20BrNO3/c1-11(13-2-4-14(17)5-3-13)16(21)18-8-6-12(7-9-18)10-15(19)20/h2-5,11-12H,6-10H2,1H3,(H,19,20). The van der Waals surface area contributed by atoms with Crippen molar-refractivity contribution in [2.45, 2.75) is 32.1 Å². The number of carboxylic acids is 1. The minimum atomic E-state index is -0.747. The number of carbonyl (C=O) groups excluding carboxylic acids is 1. The van der Waals surface area contributed by atoms with Crippen molar-refractivity contribution in [1.82, 2.24) is 4.90 Å². The maximum Gasteiger partial charge on any atom is 0.303 e. The third-order valence-corrected chi connectivity index (χ3v) is 4.66. The first-order valence-corrected chi connectivity index (χ1v) is 8.02. The van der Waals surface area contributed by atoms with Crippen LogP contribution in [-0.2, 0) is 9.59 Å². The second kappa shape index (κ2) is 7.07. The van der Waals surface area contributed by atoms with Gasteiger partial charge in [0, 0.05) is 24.0 Å². The van der Waals surface area contributed by atoms with E-state index in [1.54, 1.807) is 0 Å². The Morgan fingerprint density at radius 3 is 2.38 bits per heavy atom. The normalized spacial score (nSPS) is 17.5. The summed E-state index contributed by atoms with van der Waals surface area (Å²) in [4.78, 5) is 25.1. The van der Waals surface area contributed by atoms with Crippen molar-refractivity contribution in [3.05, 3.63) is 34.3 Å². The second-order valence-corrected chi connectivity index (χ2v) is 6.56. The number of halogens is 1. The molecule has 1 N–H and O–H groups in total. The van der Waals surface area contributed by atoms with Gasteiger partial charge in [0.1, 0.15) is 0 Å². The number of hydrogen-bond donors (Lipinski definition) is 1. The SMILES string of the molecule is CC(C(=O)N1CCC(CC(=O)O)CC1)c1ccc(Br)cc1. The minimum Gasteiger partial charge on any atom is -0.481 e. The van der Waals surface area contributed by atoms with Gasteiger partial charge in [-0.05, 0) is 43.4 Å². The van der Waals surface area contributed by atoms with Crippen LogP contribution in [0.25, 0.3) is 0 Å². The van der Waals surface area contributed by atoms with E-state index < -0.39 is 5.97 Å². The van der Waals surface area contributed by atoms with Gasteiger partial charge in [0.15, 0.2) is 0 Å². The van der Waals surface area contributed by atoms with E-state index in [2.05, 4.69) is 15.9 Å². The molecular weight excluding hydrogens is 334 g/mol. The van der Waals surface area contributed by atoms with Gasteiger partial charge in [0.25, 0.3) is 0 Å². The van der Waals surface area contributed by atoms with E-state index in [9.17, 15) is 9.59 Å². The number of piperidine rings is 1. The van der Waals surface area contributed by atoms with Crippen LogP contribution in [0.3, 0.4) is 0 Å². The average Bonchev–Trinajstić information content (AvgIpc) is 2.47. The number of carboxylic acid groups (broad SMARTS) is 1. The van der Waals surface area contributed by atoms with E-state index in [0.29, 0.717) is 13.1 Å². The van der Waals surface area contributed by atoms with E-state index in [1.165, 1.54) is 0 Å². The lowest BCUT2D eigenvalue weighted by Gasteiger charge is -2.33. The molecule has 0 spiro atoms. The Bertz CT molecular complexity index is 507. The van der Waals surface area contributed by atoms with E-state index in [0.717, 1.165) is 22.9 Å². The molecule has 21 heavy (non-hydrogen) atoms. The molecular formula is C16H20BrNO3. The Hall–Kier alpha value is -1.36. The summed E-state index contributed by atoms with van der Waals surface area (Å²) in [7, 11) is 0. The van der Waals surface area contributed by atoms with Gasteiger partial charge < -0.3 is 10.0 Å². The van der Waals surface area contributed by atoms with Crippen molar-refractivity contribution >= 4 is 27.8 Å². The van der Waals surface area contributed by atoms with Crippen LogP contribution in [0, 0.1) is 5.92 Å². The van der Waals surface area contributed by atoms with Crippen molar-refractivity contribution in [2.24, 2.45) is 5.92 Å². The summed E-state index contributed by atoms with van der Waals surface area (Å²) in [6.07, 6.45) is 1.78. The predicted octanol–water partition coefficient (Wildman–Crippen LogP) is 3.27. The molecule has 1 unspecified atom stereocenters. The highest BCUT2D eigenvalue weighted by atomic mass is 79.9. The first-order valence-electron chi connectivity index (χ1n) is 7.23. The van der Waals surface area contributed by atoms with Crippen molar-refractivity contribution in [1.29, 1.82) is 0 Å². The number of amides is 1. The van der Waals surface area contributed by atoms with Crippen LogP contribution >= 0.6 is 15.9 Å². The Morgan fingerprint density at radius 2 is 1.86 bits per heavy atom. The van der Waals surface area contributed by atoms with E-state index in [-0.39, 0.29) is 24.2 Å². The van der Waals surface area contributed by atoms with Crippen molar-refractivity contribution in [2.75, 3.05) is 13.1 Å². The highest BCUT2D eigenvalue weighted by molar-refractivity contribution is 9.10. The molecule has 0 aromatic heterocycles. The van der Waals surface area contributed by atoms with Gasteiger partial charge in [-0.15, -0.1) is 0 Å². The molecule has 1 heterocycles. The monoisotopic (exact) mass is 353 g/mol. The van der Waals surface area contributed by atoms with Gasteiger partial charge in [0.2, 0.25) is 5.91 Å². The number of carbonyl (C=O) groups is 2. The molecule has 2 rings (SSSR count). The van der Waals surface area contributed by atoms with Crippen LogP contribution in [-0.4, -0.2) is 35.0 Å². The van der Waals surface area contributed by atoms with Crippen LogP contribution in [0.1, 0.15) is 37.7 Å². The van der Waals surface area contributed by atoms with Crippen molar-refractivity contribution in [3.63, 3.8) is 0 Å². The highest BCUT2D eigenvalue weighted by Gasteiger charge is 2.27.